The molecule has 0 amide bonds. The van der Waals surface area contributed by atoms with E-state index in [4.69, 9.17) is 0 Å². The van der Waals surface area contributed by atoms with Crippen molar-refractivity contribution in [1.82, 2.24) is 14.5 Å². The van der Waals surface area contributed by atoms with Crippen LogP contribution in [0.2, 0.25) is 0 Å². The Bertz CT molecular complexity index is 370. The van der Waals surface area contributed by atoms with Gasteiger partial charge >= 0.3 is 0 Å². The van der Waals surface area contributed by atoms with E-state index in [2.05, 4.69) is 25.9 Å². The lowest BCUT2D eigenvalue weighted by atomic mass is 10.6. The zero-order valence-corrected chi connectivity index (χ0v) is 7.77. The fraction of sp³-hybridized carbons (Fsp3) is 0. The van der Waals surface area contributed by atoms with Crippen molar-refractivity contribution in [2.24, 2.45) is 0 Å². The molecule has 4 heteroatoms. The van der Waals surface area contributed by atoms with Crippen LogP contribution in [-0.2, 0) is 0 Å². The van der Waals surface area contributed by atoms with E-state index in [0.717, 1.165) is 10.4 Å². The van der Waals surface area contributed by atoms with Crippen LogP contribution in [0.15, 0.2) is 41.5 Å². The summed E-state index contributed by atoms with van der Waals surface area (Å²) in [7, 11) is 0. The molecule has 60 valence electrons. The van der Waals surface area contributed by atoms with E-state index < -0.39 is 0 Å². The fourth-order valence-electron chi connectivity index (χ4n) is 0.953. The van der Waals surface area contributed by atoms with Gasteiger partial charge in [0.25, 0.3) is 0 Å². The molecule has 0 fully saturated rings. The molecule has 3 nitrogen and oxygen atoms in total. The molecule has 0 atom stereocenters. The van der Waals surface area contributed by atoms with Gasteiger partial charge in [-0.25, -0.2) is 9.97 Å². The first-order valence-corrected chi connectivity index (χ1v) is 4.26. The molecule has 2 rings (SSSR count). The largest absolute Gasteiger partial charge is 0.309 e. The van der Waals surface area contributed by atoms with Crippen LogP contribution >= 0.6 is 15.9 Å². The topological polar surface area (TPSA) is 30.7 Å². The zero-order chi connectivity index (χ0) is 8.39. The highest BCUT2D eigenvalue weighted by Gasteiger charge is 1.95. The molecule has 0 saturated heterocycles. The summed E-state index contributed by atoms with van der Waals surface area (Å²) in [6, 6.07) is 5.77. The lowest BCUT2D eigenvalue weighted by molar-refractivity contribution is 0.974. The van der Waals surface area contributed by atoms with Crippen molar-refractivity contribution in [2.75, 3.05) is 0 Å². The number of halogens is 1. The molecule has 0 N–H and O–H groups in total. The Kier molecular flexibility index (Phi) is 1.91. The number of aromatic nitrogens is 3. The molecular weight excluding hydrogens is 218 g/mol. The standard InChI is InChI=1S/C8H6BrN3/c9-7-5-8(11-6-10-7)12-3-1-2-4-12/h1-6H. The Morgan fingerprint density at radius 2 is 1.92 bits per heavy atom. The third-order valence-electron chi connectivity index (χ3n) is 1.49. The molecule has 0 aliphatic carbocycles. The normalized spacial score (nSPS) is 10.1. The van der Waals surface area contributed by atoms with Crippen molar-refractivity contribution >= 4 is 15.9 Å². The Balaban J connectivity index is 2.48. The highest BCUT2D eigenvalue weighted by molar-refractivity contribution is 9.10. The lowest BCUT2D eigenvalue weighted by Crippen LogP contribution is -1.93. The van der Waals surface area contributed by atoms with Crippen molar-refractivity contribution < 1.29 is 0 Å². The van der Waals surface area contributed by atoms with Crippen LogP contribution in [0.5, 0.6) is 0 Å². The summed E-state index contributed by atoms with van der Waals surface area (Å²) >= 11 is 3.28. The molecule has 2 heterocycles. The number of rotatable bonds is 1. The second-order valence-corrected chi connectivity index (χ2v) is 3.10. The molecule has 0 saturated carbocycles. The van der Waals surface area contributed by atoms with Crippen LogP contribution in [-0.4, -0.2) is 14.5 Å². The van der Waals surface area contributed by atoms with Gasteiger partial charge in [-0.15, -0.1) is 0 Å². The predicted octanol–water partition coefficient (Wildman–Crippen LogP) is 2.03. The van der Waals surface area contributed by atoms with E-state index in [-0.39, 0.29) is 0 Å². The van der Waals surface area contributed by atoms with E-state index in [0.29, 0.717) is 0 Å². The van der Waals surface area contributed by atoms with Crippen molar-refractivity contribution in [3.8, 4) is 5.82 Å². The summed E-state index contributed by atoms with van der Waals surface area (Å²) in [4.78, 5) is 8.05. The van der Waals surface area contributed by atoms with Gasteiger partial charge in [-0.05, 0) is 28.1 Å². The maximum absolute atomic E-state index is 4.10. The van der Waals surface area contributed by atoms with Crippen molar-refractivity contribution in [3.63, 3.8) is 0 Å². The average molecular weight is 224 g/mol. The quantitative estimate of drug-likeness (QED) is 0.694. The van der Waals surface area contributed by atoms with Gasteiger partial charge in [-0.1, -0.05) is 0 Å². The molecule has 0 aliphatic rings. The molecule has 0 spiro atoms. The first kappa shape index (κ1) is 7.49. The molecule has 0 aliphatic heterocycles. The van der Waals surface area contributed by atoms with Gasteiger partial charge in [0.1, 0.15) is 16.7 Å². The summed E-state index contributed by atoms with van der Waals surface area (Å²) in [5, 5.41) is 0. The Labute approximate surface area is 78.2 Å². The number of hydrogen-bond donors (Lipinski definition) is 0. The molecular formula is C8H6BrN3. The molecule has 0 bridgehead atoms. The molecule has 2 aromatic heterocycles. The van der Waals surface area contributed by atoms with E-state index >= 15 is 0 Å². The first-order chi connectivity index (χ1) is 5.86. The average Bonchev–Trinajstić information content (AvgIpc) is 2.56. The van der Waals surface area contributed by atoms with Gasteiger partial charge in [0, 0.05) is 18.5 Å². The zero-order valence-electron chi connectivity index (χ0n) is 6.18. The monoisotopic (exact) mass is 223 g/mol. The number of nitrogens with zero attached hydrogens (tertiary/aromatic N) is 3. The van der Waals surface area contributed by atoms with E-state index in [1.165, 1.54) is 6.33 Å². The molecule has 0 radical (unpaired) electrons. The van der Waals surface area contributed by atoms with Crippen molar-refractivity contribution in [2.45, 2.75) is 0 Å². The first-order valence-electron chi connectivity index (χ1n) is 3.47. The Morgan fingerprint density at radius 1 is 1.17 bits per heavy atom. The number of hydrogen-bond acceptors (Lipinski definition) is 2. The Morgan fingerprint density at radius 3 is 2.58 bits per heavy atom. The SMILES string of the molecule is Brc1cc(-n2cccc2)ncn1. The molecule has 0 aromatic carbocycles. The minimum atomic E-state index is 0.793. The maximum Gasteiger partial charge on any atom is 0.141 e. The summed E-state index contributed by atoms with van der Waals surface area (Å²) in [6.45, 7) is 0. The minimum Gasteiger partial charge on any atom is -0.309 e. The highest BCUT2D eigenvalue weighted by Crippen LogP contribution is 2.09. The third-order valence-corrected chi connectivity index (χ3v) is 1.92. The van der Waals surface area contributed by atoms with Gasteiger partial charge in [-0.3, -0.25) is 0 Å². The maximum atomic E-state index is 4.10. The van der Waals surface area contributed by atoms with Crippen LogP contribution in [0.25, 0.3) is 5.82 Å². The summed E-state index contributed by atoms with van der Waals surface area (Å²) < 4.78 is 2.72. The smallest absolute Gasteiger partial charge is 0.141 e. The van der Waals surface area contributed by atoms with Crippen LogP contribution < -0.4 is 0 Å². The lowest BCUT2D eigenvalue weighted by Gasteiger charge is -1.99. The molecule has 2 aromatic rings. The summed E-state index contributed by atoms with van der Waals surface area (Å²) in [5.41, 5.74) is 0. The predicted molar refractivity (Wildman–Crippen MR) is 49.1 cm³/mol. The van der Waals surface area contributed by atoms with E-state index in [1.54, 1.807) is 0 Å². The van der Waals surface area contributed by atoms with Crippen molar-refractivity contribution in [1.29, 1.82) is 0 Å². The second kappa shape index (κ2) is 3.06. The Hall–Kier alpha value is -1.16. The second-order valence-electron chi connectivity index (χ2n) is 2.29. The third kappa shape index (κ3) is 1.38. The van der Waals surface area contributed by atoms with Crippen molar-refractivity contribution in [3.05, 3.63) is 41.5 Å². The molecule has 12 heavy (non-hydrogen) atoms. The van der Waals surface area contributed by atoms with Gasteiger partial charge in [-0.2, -0.15) is 0 Å². The van der Waals surface area contributed by atoms with E-state index in [1.807, 2.05) is 35.2 Å². The van der Waals surface area contributed by atoms with Crippen LogP contribution in [0.1, 0.15) is 0 Å². The van der Waals surface area contributed by atoms with E-state index in [9.17, 15) is 0 Å². The van der Waals surface area contributed by atoms with Crippen LogP contribution in [0, 0.1) is 0 Å². The van der Waals surface area contributed by atoms with Gasteiger partial charge in [0.2, 0.25) is 0 Å². The fourth-order valence-corrected chi connectivity index (χ4v) is 1.25. The summed E-state index contributed by atoms with van der Waals surface area (Å²) in [6.07, 6.45) is 5.41. The van der Waals surface area contributed by atoms with Crippen LogP contribution in [0.4, 0.5) is 0 Å². The molecule has 0 unspecified atom stereocenters. The van der Waals surface area contributed by atoms with Gasteiger partial charge in [0.05, 0.1) is 0 Å². The minimum absolute atomic E-state index is 0.793. The van der Waals surface area contributed by atoms with Gasteiger partial charge in [0.15, 0.2) is 0 Å². The van der Waals surface area contributed by atoms with Gasteiger partial charge < -0.3 is 4.57 Å². The highest BCUT2D eigenvalue weighted by atomic mass is 79.9. The van der Waals surface area contributed by atoms with Crippen LogP contribution in [0.3, 0.4) is 0 Å². The summed E-state index contributed by atoms with van der Waals surface area (Å²) in [5.74, 6) is 0.863.